The summed E-state index contributed by atoms with van der Waals surface area (Å²) in [6.07, 6.45) is 6.91. The summed E-state index contributed by atoms with van der Waals surface area (Å²) in [5.41, 5.74) is 0.634. The largest absolute Gasteiger partial charge is 0.384 e. The lowest BCUT2D eigenvalue weighted by Gasteiger charge is -2.35. The Hall–Kier alpha value is -1.67. The van der Waals surface area contributed by atoms with Crippen molar-refractivity contribution in [2.75, 3.05) is 32.1 Å². The van der Waals surface area contributed by atoms with Crippen molar-refractivity contribution in [3.05, 3.63) is 42.4 Å². The molecule has 1 fully saturated rings. The highest BCUT2D eigenvalue weighted by molar-refractivity contribution is 5.94. The van der Waals surface area contributed by atoms with Gasteiger partial charge in [-0.15, -0.1) is 24.8 Å². The molecular weight excluding hydrogens is 377 g/mol. The minimum Gasteiger partial charge on any atom is -0.384 e. The fourth-order valence-corrected chi connectivity index (χ4v) is 3.06. The molecule has 144 valence electrons. The molecule has 0 radical (unpaired) electrons. The average molecular weight is 402 g/mol. The zero-order chi connectivity index (χ0) is 16.8. The predicted octanol–water partition coefficient (Wildman–Crippen LogP) is 2.12. The van der Waals surface area contributed by atoms with E-state index in [2.05, 4.69) is 20.7 Å². The van der Waals surface area contributed by atoms with Gasteiger partial charge in [0, 0.05) is 31.8 Å². The SMILES string of the molecule is COCC1(C(=O)Nc2ccn(Cc3ccncc3)n2)CCNCC1.Cl.Cl. The van der Waals surface area contributed by atoms with E-state index in [4.69, 9.17) is 4.74 Å². The molecule has 0 atom stereocenters. The molecule has 0 spiro atoms. The summed E-state index contributed by atoms with van der Waals surface area (Å²) in [7, 11) is 1.64. The molecule has 3 rings (SSSR count). The molecule has 0 saturated carbocycles. The van der Waals surface area contributed by atoms with Crippen LogP contribution < -0.4 is 10.6 Å². The number of ether oxygens (including phenoxy) is 1. The maximum absolute atomic E-state index is 12.8. The number of carbonyl (C=O) groups is 1. The minimum atomic E-state index is -0.477. The zero-order valence-corrected chi connectivity index (χ0v) is 16.3. The van der Waals surface area contributed by atoms with Crippen LogP contribution in [0.5, 0.6) is 0 Å². The third kappa shape index (κ3) is 5.41. The fourth-order valence-electron chi connectivity index (χ4n) is 3.06. The molecule has 2 N–H and O–H groups in total. The van der Waals surface area contributed by atoms with Crippen LogP contribution in [0.2, 0.25) is 0 Å². The van der Waals surface area contributed by atoms with Gasteiger partial charge >= 0.3 is 0 Å². The Labute approximate surface area is 165 Å². The minimum absolute atomic E-state index is 0. The lowest BCUT2D eigenvalue weighted by molar-refractivity contribution is -0.130. The maximum Gasteiger partial charge on any atom is 0.234 e. The second kappa shape index (κ2) is 10.5. The number of carbonyl (C=O) groups excluding carboxylic acids is 1. The lowest BCUT2D eigenvalue weighted by Crippen LogP contribution is -2.47. The van der Waals surface area contributed by atoms with Gasteiger partial charge in [0.15, 0.2) is 5.82 Å². The fraction of sp³-hybridized carbons (Fsp3) is 0.471. The first-order valence-corrected chi connectivity index (χ1v) is 8.15. The van der Waals surface area contributed by atoms with E-state index in [-0.39, 0.29) is 30.7 Å². The first-order valence-electron chi connectivity index (χ1n) is 8.15. The van der Waals surface area contributed by atoms with Crippen LogP contribution >= 0.6 is 24.8 Å². The highest BCUT2D eigenvalue weighted by atomic mass is 35.5. The Balaban J connectivity index is 0.00000169. The number of nitrogens with one attached hydrogen (secondary N) is 2. The molecule has 1 saturated heterocycles. The van der Waals surface area contributed by atoms with Gasteiger partial charge in [-0.25, -0.2) is 0 Å². The van der Waals surface area contributed by atoms with Crippen LogP contribution in [0.25, 0.3) is 0 Å². The number of halogens is 2. The van der Waals surface area contributed by atoms with E-state index in [1.807, 2.05) is 24.4 Å². The van der Waals surface area contributed by atoms with Crippen LogP contribution in [0.15, 0.2) is 36.8 Å². The van der Waals surface area contributed by atoms with Gasteiger partial charge in [-0.05, 0) is 43.6 Å². The first kappa shape index (κ1) is 22.4. The van der Waals surface area contributed by atoms with Crippen molar-refractivity contribution >= 4 is 36.5 Å². The summed E-state index contributed by atoms with van der Waals surface area (Å²) < 4.78 is 7.11. The van der Waals surface area contributed by atoms with Crippen molar-refractivity contribution in [3.8, 4) is 0 Å². The Morgan fingerprint density at radius 2 is 1.96 bits per heavy atom. The Morgan fingerprint density at radius 1 is 1.27 bits per heavy atom. The van der Waals surface area contributed by atoms with Crippen molar-refractivity contribution in [1.82, 2.24) is 20.1 Å². The van der Waals surface area contributed by atoms with Crippen molar-refractivity contribution in [1.29, 1.82) is 0 Å². The topological polar surface area (TPSA) is 81.1 Å². The number of hydrogen-bond donors (Lipinski definition) is 2. The van der Waals surface area contributed by atoms with Crippen molar-refractivity contribution in [3.63, 3.8) is 0 Å². The molecule has 2 aromatic heterocycles. The summed E-state index contributed by atoms with van der Waals surface area (Å²) >= 11 is 0. The molecule has 0 bridgehead atoms. The highest BCUT2D eigenvalue weighted by Gasteiger charge is 2.39. The van der Waals surface area contributed by atoms with Crippen LogP contribution in [0.1, 0.15) is 18.4 Å². The number of piperidine rings is 1. The molecule has 1 aliphatic rings. The Bertz CT molecular complexity index is 669. The number of nitrogens with zero attached hydrogens (tertiary/aromatic N) is 3. The second-order valence-electron chi connectivity index (χ2n) is 6.17. The van der Waals surface area contributed by atoms with Crippen molar-refractivity contribution in [2.45, 2.75) is 19.4 Å². The van der Waals surface area contributed by atoms with E-state index in [1.54, 1.807) is 24.2 Å². The summed E-state index contributed by atoms with van der Waals surface area (Å²) in [5.74, 6) is 0.558. The summed E-state index contributed by atoms with van der Waals surface area (Å²) in [6, 6.07) is 5.71. The first-order chi connectivity index (χ1) is 11.7. The van der Waals surface area contributed by atoms with E-state index < -0.39 is 5.41 Å². The molecule has 9 heteroatoms. The Kier molecular flexibility index (Phi) is 9.01. The van der Waals surface area contributed by atoms with Gasteiger partial charge in [-0.2, -0.15) is 5.10 Å². The number of amides is 1. The Morgan fingerprint density at radius 3 is 2.62 bits per heavy atom. The quantitative estimate of drug-likeness (QED) is 0.774. The smallest absolute Gasteiger partial charge is 0.234 e. The number of rotatable bonds is 6. The third-order valence-corrected chi connectivity index (χ3v) is 4.44. The van der Waals surface area contributed by atoms with Gasteiger partial charge in [-0.1, -0.05) is 0 Å². The molecular formula is C17H25Cl2N5O2. The van der Waals surface area contributed by atoms with E-state index >= 15 is 0 Å². The van der Waals surface area contributed by atoms with Crippen LogP contribution in [-0.2, 0) is 16.1 Å². The van der Waals surface area contributed by atoms with Gasteiger partial charge in [-0.3, -0.25) is 14.5 Å². The van der Waals surface area contributed by atoms with E-state index in [0.717, 1.165) is 31.5 Å². The molecule has 0 aromatic carbocycles. The molecule has 1 aliphatic heterocycles. The average Bonchev–Trinajstić information content (AvgIpc) is 3.04. The molecule has 3 heterocycles. The van der Waals surface area contributed by atoms with Gasteiger partial charge in [0.25, 0.3) is 0 Å². The van der Waals surface area contributed by atoms with Crippen LogP contribution in [0, 0.1) is 5.41 Å². The predicted molar refractivity (Wildman–Crippen MR) is 105 cm³/mol. The number of hydrogen-bond acceptors (Lipinski definition) is 5. The van der Waals surface area contributed by atoms with Crippen LogP contribution in [0.4, 0.5) is 5.82 Å². The molecule has 26 heavy (non-hydrogen) atoms. The molecule has 0 unspecified atom stereocenters. The summed E-state index contributed by atoms with van der Waals surface area (Å²) in [6.45, 7) is 2.73. The number of anilines is 1. The number of pyridine rings is 1. The molecule has 0 aliphatic carbocycles. The molecule has 2 aromatic rings. The summed E-state index contributed by atoms with van der Waals surface area (Å²) in [4.78, 5) is 16.8. The molecule has 1 amide bonds. The number of aromatic nitrogens is 3. The lowest BCUT2D eigenvalue weighted by atomic mass is 9.78. The number of methoxy groups -OCH3 is 1. The van der Waals surface area contributed by atoms with Gasteiger partial charge < -0.3 is 15.4 Å². The van der Waals surface area contributed by atoms with Gasteiger partial charge in [0.2, 0.25) is 5.91 Å². The maximum atomic E-state index is 12.8. The normalized spacial score (nSPS) is 15.4. The van der Waals surface area contributed by atoms with E-state index in [1.165, 1.54) is 0 Å². The standard InChI is InChI=1S/C17H23N5O2.2ClH/c1-24-13-17(5-9-19-10-6-17)16(23)20-15-4-11-22(21-15)12-14-2-7-18-8-3-14;;/h2-4,7-8,11,19H,5-6,9-10,12-13H2,1H3,(H,20,21,23);2*1H. The van der Waals surface area contributed by atoms with Crippen LogP contribution in [0.3, 0.4) is 0 Å². The van der Waals surface area contributed by atoms with Crippen LogP contribution in [-0.4, -0.2) is 47.5 Å². The monoisotopic (exact) mass is 401 g/mol. The van der Waals surface area contributed by atoms with E-state index in [9.17, 15) is 4.79 Å². The molecule has 7 nitrogen and oxygen atoms in total. The highest BCUT2D eigenvalue weighted by Crippen LogP contribution is 2.30. The van der Waals surface area contributed by atoms with Crippen molar-refractivity contribution in [2.24, 2.45) is 5.41 Å². The third-order valence-electron chi connectivity index (χ3n) is 4.44. The van der Waals surface area contributed by atoms with Gasteiger partial charge in [0.05, 0.1) is 18.6 Å². The summed E-state index contributed by atoms with van der Waals surface area (Å²) in [5, 5.41) is 10.7. The van der Waals surface area contributed by atoms with E-state index in [0.29, 0.717) is 19.0 Å². The van der Waals surface area contributed by atoms with Gasteiger partial charge in [0.1, 0.15) is 0 Å². The van der Waals surface area contributed by atoms with Crippen molar-refractivity contribution < 1.29 is 9.53 Å². The second-order valence-corrected chi connectivity index (χ2v) is 6.17. The zero-order valence-electron chi connectivity index (χ0n) is 14.7.